The van der Waals surface area contributed by atoms with Gasteiger partial charge in [-0.25, -0.2) is 0 Å². The lowest BCUT2D eigenvalue weighted by Gasteiger charge is -2.23. The second-order valence-corrected chi connectivity index (χ2v) is 5.85. The molecule has 0 spiro atoms. The van der Waals surface area contributed by atoms with E-state index in [0.29, 0.717) is 11.0 Å². The number of hydrogen-bond donors (Lipinski definition) is 1. The lowest BCUT2D eigenvalue weighted by atomic mass is 10.2. The van der Waals surface area contributed by atoms with Crippen LogP contribution in [0.3, 0.4) is 0 Å². The van der Waals surface area contributed by atoms with E-state index in [9.17, 15) is 0 Å². The van der Waals surface area contributed by atoms with Gasteiger partial charge in [0.05, 0.1) is 4.99 Å². The van der Waals surface area contributed by atoms with Crippen LogP contribution in [-0.2, 0) is 0 Å². The smallest absolute Gasteiger partial charge is 0.0742 e. The summed E-state index contributed by atoms with van der Waals surface area (Å²) in [6.07, 6.45) is 0.793. The Morgan fingerprint density at radius 1 is 1.41 bits per heavy atom. The van der Waals surface area contributed by atoms with Gasteiger partial charge >= 0.3 is 0 Å². The molecule has 0 bridgehead atoms. The van der Waals surface area contributed by atoms with E-state index in [-0.39, 0.29) is 0 Å². The van der Waals surface area contributed by atoms with Crippen molar-refractivity contribution in [2.24, 2.45) is 5.73 Å². The van der Waals surface area contributed by atoms with Crippen LogP contribution in [0.1, 0.15) is 13.3 Å². The van der Waals surface area contributed by atoms with E-state index >= 15 is 0 Å². The van der Waals surface area contributed by atoms with Crippen LogP contribution < -0.4 is 5.73 Å². The Labute approximate surface area is 114 Å². The molecule has 0 aliphatic rings. The van der Waals surface area contributed by atoms with Gasteiger partial charge in [-0.15, -0.1) is 11.8 Å². The Bertz CT molecular complexity index is 341. The quantitative estimate of drug-likeness (QED) is 0.608. The Morgan fingerprint density at radius 3 is 2.65 bits per heavy atom. The lowest BCUT2D eigenvalue weighted by Crippen LogP contribution is -2.34. The number of thioether (sulfide) groups is 1. The molecule has 17 heavy (non-hydrogen) atoms. The van der Waals surface area contributed by atoms with Gasteiger partial charge in [0.2, 0.25) is 0 Å². The van der Waals surface area contributed by atoms with Crippen LogP contribution in [0.5, 0.6) is 0 Å². The van der Waals surface area contributed by atoms with Crippen molar-refractivity contribution in [2.45, 2.75) is 24.3 Å². The first-order valence-corrected chi connectivity index (χ1v) is 7.15. The van der Waals surface area contributed by atoms with Crippen molar-refractivity contribution in [1.29, 1.82) is 0 Å². The van der Waals surface area contributed by atoms with Crippen LogP contribution in [0.15, 0.2) is 35.2 Å². The summed E-state index contributed by atoms with van der Waals surface area (Å²) in [7, 11) is 2.12. The molecular weight excluding hydrogens is 248 g/mol. The van der Waals surface area contributed by atoms with Gasteiger partial charge in [-0.3, -0.25) is 0 Å². The third-order valence-electron chi connectivity index (χ3n) is 2.70. The number of thiocarbonyl (C=S) groups is 1. The Hall–Kier alpha value is -0.580. The topological polar surface area (TPSA) is 29.3 Å². The van der Waals surface area contributed by atoms with E-state index in [2.05, 4.69) is 43.1 Å². The molecule has 0 aliphatic carbocycles. The number of hydrogen-bond acceptors (Lipinski definition) is 3. The van der Waals surface area contributed by atoms with Crippen molar-refractivity contribution >= 4 is 29.0 Å². The number of nitrogens with two attached hydrogens (primary N) is 1. The molecule has 0 aliphatic heterocycles. The maximum Gasteiger partial charge on any atom is 0.0742 e. The molecule has 2 nitrogen and oxygen atoms in total. The molecule has 0 fully saturated rings. The molecule has 0 heterocycles. The normalized spacial score (nSPS) is 12.6. The van der Waals surface area contributed by atoms with Crippen LogP contribution in [-0.4, -0.2) is 35.3 Å². The van der Waals surface area contributed by atoms with E-state index < -0.39 is 0 Å². The lowest BCUT2D eigenvalue weighted by molar-refractivity contribution is 0.280. The zero-order valence-electron chi connectivity index (χ0n) is 10.4. The molecule has 94 valence electrons. The fraction of sp³-hybridized carbons (Fsp3) is 0.462. The standard InChI is InChI=1S/C13H20N2S2/c1-11(10-13(14)16)15(2)8-9-17-12-6-4-3-5-7-12/h3-7,11H,8-10H2,1-2H3,(H2,14,16). The molecule has 0 radical (unpaired) electrons. The van der Waals surface area contributed by atoms with Crippen molar-refractivity contribution in [3.05, 3.63) is 30.3 Å². The summed E-state index contributed by atoms with van der Waals surface area (Å²) in [5, 5.41) is 0. The molecule has 4 heteroatoms. The second kappa shape index (κ2) is 7.69. The highest BCUT2D eigenvalue weighted by Gasteiger charge is 2.09. The molecule has 0 aromatic heterocycles. The fourth-order valence-corrected chi connectivity index (χ4v) is 2.70. The van der Waals surface area contributed by atoms with Crippen LogP contribution in [0, 0.1) is 0 Å². The minimum Gasteiger partial charge on any atom is -0.393 e. The van der Waals surface area contributed by atoms with Gasteiger partial charge in [-0.05, 0) is 26.1 Å². The van der Waals surface area contributed by atoms with Crippen LogP contribution in [0.25, 0.3) is 0 Å². The van der Waals surface area contributed by atoms with Gasteiger partial charge in [0.25, 0.3) is 0 Å². The van der Waals surface area contributed by atoms with E-state index in [1.165, 1.54) is 4.90 Å². The highest BCUT2D eigenvalue weighted by Crippen LogP contribution is 2.17. The van der Waals surface area contributed by atoms with Gasteiger partial charge in [-0.1, -0.05) is 30.4 Å². The number of rotatable bonds is 7. The van der Waals surface area contributed by atoms with Crippen molar-refractivity contribution in [1.82, 2.24) is 4.90 Å². The van der Waals surface area contributed by atoms with Crippen LogP contribution in [0.2, 0.25) is 0 Å². The SMILES string of the molecule is CC(CC(N)=S)N(C)CCSc1ccccc1. The van der Waals surface area contributed by atoms with Gasteiger partial charge in [0.15, 0.2) is 0 Å². The fourth-order valence-electron chi connectivity index (χ4n) is 1.49. The molecule has 0 saturated heterocycles. The summed E-state index contributed by atoms with van der Waals surface area (Å²) < 4.78 is 0. The van der Waals surface area contributed by atoms with Crippen LogP contribution >= 0.6 is 24.0 Å². The van der Waals surface area contributed by atoms with Crippen molar-refractivity contribution in [3.8, 4) is 0 Å². The molecular formula is C13H20N2S2. The third kappa shape index (κ3) is 6.05. The van der Waals surface area contributed by atoms with E-state index in [1.54, 1.807) is 0 Å². The summed E-state index contributed by atoms with van der Waals surface area (Å²) in [6.45, 7) is 3.20. The summed E-state index contributed by atoms with van der Waals surface area (Å²) >= 11 is 6.81. The van der Waals surface area contributed by atoms with Gasteiger partial charge in [0.1, 0.15) is 0 Å². The summed E-state index contributed by atoms with van der Waals surface area (Å²) in [6, 6.07) is 10.9. The molecule has 2 N–H and O–H groups in total. The monoisotopic (exact) mass is 268 g/mol. The molecule has 1 aromatic carbocycles. The van der Waals surface area contributed by atoms with Crippen molar-refractivity contribution in [2.75, 3.05) is 19.3 Å². The first kappa shape index (κ1) is 14.5. The highest BCUT2D eigenvalue weighted by atomic mass is 32.2. The maximum atomic E-state index is 5.55. The minimum absolute atomic E-state index is 0.420. The maximum absolute atomic E-state index is 5.55. The Morgan fingerprint density at radius 2 is 2.06 bits per heavy atom. The number of nitrogens with zero attached hydrogens (tertiary/aromatic N) is 1. The molecule has 0 amide bonds. The van der Waals surface area contributed by atoms with Crippen molar-refractivity contribution in [3.63, 3.8) is 0 Å². The predicted octanol–water partition coefficient (Wildman–Crippen LogP) is 2.78. The number of benzene rings is 1. The molecule has 1 unspecified atom stereocenters. The van der Waals surface area contributed by atoms with Crippen molar-refractivity contribution < 1.29 is 0 Å². The molecule has 0 saturated carbocycles. The van der Waals surface area contributed by atoms with E-state index in [0.717, 1.165) is 18.7 Å². The van der Waals surface area contributed by atoms with Crippen LogP contribution in [0.4, 0.5) is 0 Å². The Balaban J connectivity index is 2.24. The second-order valence-electron chi connectivity index (χ2n) is 4.16. The van der Waals surface area contributed by atoms with Gasteiger partial charge < -0.3 is 10.6 Å². The zero-order chi connectivity index (χ0) is 12.7. The first-order chi connectivity index (χ1) is 8.09. The van der Waals surface area contributed by atoms with E-state index in [1.807, 2.05) is 17.8 Å². The minimum atomic E-state index is 0.420. The highest BCUT2D eigenvalue weighted by molar-refractivity contribution is 7.99. The summed E-state index contributed by atoms with van der Waals surface area (Å²) in [5.74, 6) is 1.09. The Kier molecular flexibility index (Phi) is 6.55. The molecule has 1 rings (SSSR count). The average Bonchev–Trinajstić information content (AvgIpc) is 2.29. The predicted molar refractivity (Wildman–Crippen MR) is 80.7 cm³/mol. The third-order valence-corrected chi connectivity index (χ3v) is 3.86. The largest absolute Gasteiger partial charge is 0.393 e. The average molecular weight is 268 g/mol. The van der Waals surface area contributed by atoms with Gasteiger partial charge in [-0.2, -0.15) is 0 Å². The summed E-state index contributed by atoms with van der Waals surface area (Å²) in [4.78, 5) is 4.22. The molecule has 1 aromatic rings. The zero-order valence-corrected chi connectivity index (χ0v) is 12.1. The van der Waals surface area contributed by atoms with E-state index in [4.69, 9.17) is 18.0 Å². The summed E-state index contributed by atoms with van der Waals surface area (Å²) in [5.41, 5.74) is 5.55. The van der Waals surface area contributed by atoms with Gasteiger partial charge in [0, 0.05) is 29.7 Å². The molecule has 1 atom stereocenters. The first-order valence-electron chi connectivity index (χ1n) is 5.76.